The summed E-state index contributed by atoms with van der Waals surface area (Å²) in [6.07, 6.45) is 3.58. The molecule has 2 heteroatoms. The minimum atomic E-state index is -0.610. The summed E-state index contributed by atoms with van der Waals surface area (Å²) in [4.78, 5) is 10.4. The Labute approximate surface area is 77.2 Å². The highest BCUT2D eigenvalue weighted by Crippen LogP contribution is 2.40. The molecule has 13 heavy (non-hydrogen) atoms. The SMILES string of the molecule is O=Cc1ccc(C2(O)CCC2)cc1. The average molecular weight is 176 g/mol. The summed E-state index contributed by atoms with van der Waals surface area (Å²) in [5.74, 6) is 0. The van der Waals surface area contributed by atoms with Gasteiger partial charge >= 0.3 is 0 Å². The molecule has 1 aliphatic carbocycles. The third kappa shape index (κ3) is 1.38. The number of aldehydes is 1. The van der Waals surface area contributed by atoms with Gasteiger partial charge in [0.2, 0.25) is 0 Å². The van der Waals surface area contributed by atoms with E-state index in [0.717, 1.165) is 31.1 Å². The van der Waals surface area contributed by atoms with Crippen molar-refractivity contribution in [1.82, 2.24) is 0 Å². The maximum absolute atomic E-state index is 10.4. The van der Waals surface area contributed by atoms with Gasteiger partial charge in [0, 0.05) is 5.56 Å². The molecule has 68 valence electrons. The Balaban J connectivity index is 2.27. The number of hydrogen-bond acceptors (Lipinski definition) is 2. The van der Waals surface area contributed by atoms with Crippen LogP contribution in [0, 0.1) is 0 Å². The lowest BCUT2D eigenvalue weighted by Crippen LogP contribution is -2.33. The highest BCUT2D eigenvalue weighted by Gasteiger charge is 2.35. The van der Waals surface area contributed by atoms with Gasteiger partial charge in [-0.1, -0.05) is 24.3 Å². The van der Waals surface area contributed by atoms with Gasteiger partial charge in [0.05, 0.1) is 5.60 Å². The van der Waals surface area contributed by atoms with Crippen LogP contribution < -0.4 is 0 Å². The molecule has 2 rings (SSSR count). The van der Waals surface area contributed by atoms with Crippen LogP contribution in [-0.4, -0.2) is 11.4 Å². The highest BCUT2D eigenvalue weighted by molar-refractivity contribution is 5.74. The zero-order chi connectivity index (χ0) is 9.31. The smallest absolute Gasteiger partial charge is 0.150 e. The van der Waals surface area contributed by atoms with Crippen LogP contribution in [0.3, 0.4) is 0 Å². The van der Waals surface area contributed by atoms with Crippen LogP contribution in [-0.2, 0) is 5.60 Å². The molecule has 0 atom stereocenters. The molecule has 2 nitrogen and oxygen atoms in total. The molecule has 0 radical (unpaired) electrons. The van der Waals surface area contributed by atoms with E-state index in [2.05, 4.69) is 0 Å². The van der Waals surface area contributed by atoms with Gasteiger partial charge in [0.15, 0.2) is 0 Å². The van der Waals surface area contributed by atoms with Gasteiger partial charge in [-0.05, 0) is 24.8 Å². The maximum Gasteiger partial charge on any atom is 0.150 e. The second kappa shape index (κ2) is 2.96. The molecule has 0 saturated heterocycles. The lowest BCUT2D eigenvalue weighted by molar-refractivity contribution is -0.0388. The molecular formula is C11H12O2. The lowest BCUT2D eigenvalue weighted by Gasteiger charge is -2.37. The number of aliphatic hydroxyl groups is 1. The van der Waals surface area contributed by atoms with Crippen molar-refractivity contribution in [3.8, 4) is 0 Å². The summed E-state index contributed by atoms with van der Waals surface area (Å²) in [6, 6.07) is 7.17. The Kier molecular flexibility index (Phi) is 1.93. The predicted octanol–water partition coefficient (Wildman–Crippen LogP) is 1.87. The van der Waals surface area contributed by atoms with E-state index in [0.29, 0.717) is 5.56 Å². The number of carbonyl (C=O) groups excluding carboxylic acids is 1. The van der Waals surface area contributed by atoms with Crippen LogP contribution in [0.2, 0.25) is 0 Å². The van der Waals surface area contributed by atoms with Crippen molar-refractivity contribution in [3.05, 3.63) is 35.4 Å². The molecule has 0 aromatic heterocycles. The summed E-state index contributed by atoms with van der Waals surface area (Å²) in [5, 5.41) is 9.96. The van der Waals surface area contributed by atoms with Crippen molar-refractivity contribution in [2.75, 3.05) is 0 Å². The third-order valence-electron chi connectivity index (χ3n) is 2.76. The van der Waals surface area contributed by atoms with E-state index in [1.54, 1.807) is 12.1 Å². The first kappa shape index (κ1) is 8.45. The fourth-order valence-electron chi connectivity index (χ4n) is 1.67. The van der Waals surface area contributed by atoms with E-state index < -0.39 is 5.60 Å². The van der Waals surface area contributed by atoms with Crippen LogP contribution in [0.1, 0.15) is 35.2 Å². The van der Waals surface area contributed by atoms with Crippen LogP contribution in [0.5, 0.6) is 0 Å². The Morgan fingerprint density at radius 2 is 1.85 bits per heavy atom. The van der Waals surface area contributed by atoms with Crippen LogP contribution in [0.4, 0.5) is 0 Å². The van der Waals surface area contributed by atoms with Crippen molar-refractivity contribution in [3.63, 3.8) is 0 Å². The van der Waals surface area contributed by atoms with Gasteiger partial charge in [0.25, 0.3) is 0 Å². The van der Waals surface area contributed by atoms with Crippen LogP contribution in [0.15, 0.2) is 24.3 Å². The first-order valence-electron chi connectivity index (χ1n) is 4.53. The van der Waals surface area contributed by atoms with Crippen LogP contribution >= 0.6 is 0 Å². The molecule has 1 aromatic carbocycles. The highest BCUT2D eigenvalue weighted by atomic mass is 16.3. The summed E-state index contributed by atoms with van der Waals surface area (Å²) < 4.78 is 0. The van der Waals surface area contributed by atoms with Crippen molar-refractivity contribution < 1.29 is 9.90 Å². The number of rotatable bonds is 2. The number of hydrogen-bond donors (Lipinski definition) is 1. The van der Waals surface area contributed by atoms with Gasteiger partial charge < -0.3 is 5.11 Å². The largest absolute Gasteiger partial charge is 0.385 e. The van der Waals surface area contributed by atoms with E-state index in [1.807, 2.05) is 12.1 Å². The van der Waals surface area contributed by atoms with E-state index in [-0.39, 0.29) is 0 Å². The van der Waals surface area contributed by atoms with Gasteiger partial charge in [-0.3, -0.25) is 4.79 Å². The number of benzene rings is 1. The van der Waals surface area contributed by atoms with Gasteiger partial charge in [-0.15, -0.1) is 0 Å². The summed E-state index contributed by atoms with van der Waals surface area (Å²) in [7, 11) is 0. The Bertz CT molecular complexity index is 309. The molecule has 1 aromatic rings. The second-order valence-corrected chi connectivity index (χ2v) is 3.62. The van der Waals surface area contributed by atoms with Crippen molar-refractivity contribution in [2.45, 2.75) is 24.9 Å². The lowest BCUT2D eigenvalue weighted by atomic mass is 9.75. The predicted molar refractivity (Wildman–Crippen MR) is 49.6 cm³/mol. The van der Waals surface area contributed by atoms with Gasteiger partial charge in [-0.25, -0.2) is 0 Å². The quantitative estimate of drug-likeness (QED) is 0.698. The monoisotopic (exact) mass is 176 g/mol. The molecule has 1 N–H and O–H groups in total. The van der Waals surface area contributed by atoms with E-state index in [4.69, 9.17) is 0 Å². The topological polar surface area (TPSA) is 37.3 Å². The number of carbonyl (C=O) groups is 1. The van der Waals surface area contributed by atoms with Crippen molar-refractivity contribution >= 4 is 6.29 Å². The Hall–Kier alpha value is -1.15. The normalized spacial score (nSPS) is 19.2. The fraction of sp³-hybridized carbons (Fsp3) is 0.364. The van der Waals surface area contributed by atoms with Gasteiger partial charge in [0.1, 0.15) is 6.29 Å². The molecule has 1 fully saturated rings. The van der Waals surface area contributed by atoms with Gasteiger partial charge in [-0.2, -0.15) is 0 Å². The molecule has 0 heterocycles. The Morgan fingerprint density at radius 3 is 2.23 bits per heavy atom. The first-order valence-corrected chi connectivity index (χ1v) is 4.53. The molecule has 0 bridgehead atoms. The van der Waals surface area contributed by atoms with E-state index in [9.17, 15) is 9.90 Å². The first-order chi connectivity index (χ1) is 6.24. The van der Waals surface area contributed by atoms with E-state index in [1.165, 1.54) is 0 Å². The molecule has 0 aliphatic heterocycles. The molecule has 1 saturated carbocycles. The Morgan fingerprint density at radius 1 is 1.23 bits per heavy atom. The summed E-state index contributed by atoms with van der Waals surface area (Å²) in [6.45, 7) is 0. The zero-order valence-corrected chi connectivity index (χ0v) is 7.36. The minimum absolute atomic E-state index is 0.610. The fourth-order valence-corrected chi connectivity index (χ4v) is 1.67. The zero-order valence-electron chi connectivity index (χ0n) is 7.36. The minimum Gasteiger partial charge on any atom is -0.385 e. The molecule has 0 spiro atoms. The maximum atomic E-state index is 10.4. The average Bonchev–Trinajstić information content (AvgIpc) is 2.14. The molecule has 1 aliphatic rings. The third-order valence-corrected chi connectivity index (χ3v) is 2.76. The van der Waals surface area contributed by atoms with E-state index >= 15 is 0 Å². The second-order valence-electron chi connectivity index (χ2n) is 3.62. The molecule has 0 unspecified atom stereocenters. The summed E-state index contributed by atoms with van der Waals surface area (Å²) in [5.41, 5.74) is 0.984. The van der Waals surface area contributed by atoms with Crippen molar-refractivity contribution in [2.24, 2.45) is 0 Å². The molecular weight excluding hydrogens is 164 g/mol. The van der Waals surface area contributed by atoms with Crippen LogP contribution in [0.25, 0.3) is 0 Å². The van der Waals surface area contributed by atoms with Crippen molar-refractivity contribution in [1.29, 1.82) is 0 Å². The molecule has 0 amide bonds. The summed E-state index contributed by atoms with van der Waals surface area (Å²) >= 11 is 0. The standard InChI is InChI=1S/C11H12O2/c12-8-9-2-4-10(5-3-9)11(13)6-1-7-11/h2-5,8,13H,1,6-7H2.